The highest BCUT2D eigenvalue weighted by molar-refractivity contribution is 7.19. The van der Waals surface area contributed by atoms with Crippen molar-refractivity contribution in [1.29, 1.82) is 0 Å². The third kappa shape index (κ3) is 4.25. The molecule has 1 aliphatic rings. The summed E-state index contributed by atoms with van der Waals surface area (Å²) in [6, 6.07) is 16.5. The molecule has 1 amide bonds. The SMILES string of the molecule is CN(Cc1ccccc1N1CCCCC1)C(=O)C=Cc1nc2ccccc2s1. The molecule has 0 saturated carbocycles. The van der Waals surface area contributed by atoms with Gasteiger partial charge in [0.2, 0.25) is 5.91 Å². The smallest absolute Gasteiger partial charge is 0.246 e. The zero-order chi connectivity index (χ0) is 19.3. The maximum absolute atomic E-state index is 12.6. The van der Waals surface area contributed by atoms with Crippen molar-refractivity contribution in [3.05, 3.63) is 65.2 Å². The highest BCUT2D eigenvalue weighted by Gasteiger charge is 2.16. The van der Waals surface area contributed by atoms with Gasteiger partial charge in [0.1, 0.15) is 5.01 Å². The lowest BCUT2D eigenvalue weighted by atomic mass is 10.1. The second-order valence-corrected chi connectivity index (χ2v) is 8.29. The van der Waals surface area contributed by atoms with Crippen molar-refractivity contribution in [2.75, 3.05) is 25.0 Å². The van der Waals surface area contributed by atoms with E-state index in [0.29, 0.717) is 6.54 Å². The van der Waals surface area contributed by atoms with Crippen molar-refractivity contribution in [2.45, 2.75) is 25.8 Å². The standard InChI is InChI=1S/C23H25N3OS/c1-25(17-18-9-3-5-11-20(18)26-15-7-2-8-16-26)23(27)14-13-22-24-19-10-4-6-12-21(19)28-22/h3-6,9-14H,2,7-8,15-17H2,1H3. The van der Waals surface area contributed by atoms with E-state index >= 15 is 0 Å². The minimum absolute atomic E-state index is 0.00676. The molecule has 1 aliphatic heterocycles. The molecule has 144 valence electrons. The Kier molecular flexibility index (Phi) is 5.72. The second kappa shape index (κ2) is 8.57. The quantitative estimate of drug-likeness (QED) is 0.577. The number of carbonyl (C=O) groups is 1. The highest BCUT2D eigenvalue weighted by Crippen LogP contribution is 2.25. The molecular weight excluding hydrogens is 366 g/mol. The Bertz CT molecular complexity index is 955. The molecule has 3 aromatic rings. The van der Waals surface area contributed by atoms with Crippen LogP contribution in [0.25, 0.3) is 16.3 Å². The first-order valence-electron chi connectivity index (χ1n) is 9.82. The second-order valence-electron chi connectivity index (χ2n) is 7.22. The molecule has 5 heteroatoms. The maximum Gasteiger partial charge on any atom is 0.246 e. The predicted molar refractivity (Wildman–Crippen MR) is 118 cm³/mol. The number of para-hydroxylation sites is 2. The van der Waals surface area contributed by atoms with Crippen LogP contribution in [0.1, 0.15) is 29.8 Å². The molecule has 0 bridgehead atoms. The van der Waals surface area contributed by atoms with Gasteiger partial charge in [0, 0.05) is 38.4 Å². The summed E-state index contributed by atoms with van der Waals surface area (Å²) in [6.07, 6.45) is 7.25. The molecule has 0 aliphatic carbocycles. The van der Waals surface area contributed by atoms with E-state index in [1.807, 2.05) is 31.3 Å². The number of aromatic nitrogens is 1. The highest BCUT2D eigenvalue weighted by atomic mass is 32.1. The van der Waals surface area contributed by atoms with Crippen molar-refractivity contribution < 1.29 is 4.79 Å². The molecule has 1 aromatic heterocycles. The van der Waals surface area contributed by atoms with E-state index in [4.69, 9.17) is 0 Å². The summed E-state index contributed by atoms with van der Waals surface area (Å²) in [4.78, 5) is 21.4. The van der Waals surface area contributed by atoms with E-state index in [2.05, 4.69) is 40.2 Å². The van der Waals surface area contributed by atoms with E-state index in [1.54, 1.807) is 22.3 Å². The lowest BCUT2D eigenvalue weighted by molar-refractivity contribution is -0.125. The number of carbonyl (C=O) groups excluding carboxylic acids is 1. The Hall–Kier alpha value is -2.66. The number of thiazole rings is 1. The van der Waals surface area contributed by atoms with Gasteiger partial charge in [-0.2, -0.15) is 0 Å². The summed E-state index contributed by atoms with van der Waals surface area (Å²) < 4.78 is 1.14. The Balaban J connectivity index is 1.44. The number of anilines is 1. The van der Waals surface area contributed by atoms with Crippen molar-refractivity contribution in [1.82, 2.24) is 9.88 Å². The molecule has 0 atom stereocenters. The number of hydrogen-bond donors (Lipinski definition) is 0. The van der Waals surface area contributed by atoms with Crippen LogP contribution < -0.4 is 4.90 Å². The molecule has 28 heavy (non-hydrogen) atoms. The number of nitrogens with zero attached hydrogens (tertiary/aromatic N) is 3. The first kappa shape index (κ1) is 18.7. The fourth-order valence-electron chi connectivity index (χ4n) is 3.65. The number of fused-ring (bicyclic) bond motifs is 1. The normalized spacial score (nSPS) is 14.7. The summed E-state index contributed by atoms with van der Waals surface area (Å²) in [6.45, 7) is 2.81. The predicted octanol–water partition coefficient (Wildman–Crippen LogP) is 4.96. The van der Waals surface area contributed by atoms with Crippen LogP contribution in [-0.2, 0) is 11.3 Å². The number of benzene rings is 2. The fraction of sp³-hybridized carbons (Fsp3) is 0.304. The minimum atomic E-state index is -0.00676. The van der Waals surface area contributed by atoms with Gasteiger partial charge >= 0.3 is 0 Å². The molecule has 0 unspecified atom stereocenters. The van der Waals surface area contributed by atoms with Gasteiger partial charge in [-0.25, -0.2) is 4.98 Å². The monoisotopic (exact) mass is 391 g/mol. The molecule has 0 N–H and O–H groups in total. The summed E-state index contributed by atoms with van der Waals surface area (Å²) in [5, 5.41) is 0.858. The Morgan fingerprint density at radius 1 is 1.11 bits per heavy atom. The van der Waals surface area contributed by atoms with Crippen molar-refractivity contribution in [2.24, 2.45) is 0 Å². The van der Waals surface area contributed by atoms with Gasteiger partial charge in [-0.15, -0.1) is 11.3 Å². The van der Waals surface area contributed by atoms with E-state index in [9.17, 15) is 4.79 Å². The molecule has 1 saturated heterocycles. The Morgan fingerprint density at radius 3 is 2.68 bits per heavy atom. The molecular formula is C23H25N3OS. The molecule has 0 radical (unpaired) electrons. The topological polar surface area (TPSA) is 36.4 Å². The van der Waals surface area contributed by atoms with Crippen LogP contribution in [0.4, 0.5) is 5.69 Å². The van der Waals surface area contributed by atoms with Crippen LogP contribution in [0.5, 0.6) is 0 Å². The van der Waals surface area contributed by atoms with Crippen LogP contribution in [0, 0.1) is 0 Å². The first-order valence-corrected chi connectivity index (χ1v) is 10.6. The zero-order valence-electron chi connectivity index (χ0n) is 16.2. The van der Waals surface area contributed by atoms with Crippen LogP contribution in [-0.4, -0.2) is 35.9 Å². The third-order valence-corrected chi connectivity index (χ3v) is 6.15. The fourth-order valence-corrected chi connectivity index (χ4v) is 4.52. The lowest BCUT2D eigenvalue weighted by Crippen LogP contribution is -2.31. The van der Waals surface area contributed by atoms with Gasteiger partial charge in [-0.05, 0) is 49.1 Å². The zero-order valence-corrected chi connectivity index (χ0v) is 17.0. The molecule has 2 aromatic carbocycles. The van der Waals surface area contributed by atoms with Gasteiger partial charge in [0.15, 0.2) is 0 Å². The summed E-state index contributed by atoms with van der Waals surface area (Å²) in [7, 11) is 1.86. The van der Waals surface area contributed by atoms with E-state index in [-0.39, 0.29) is 5.91 Å². The van der Waals surface area contributed by atoms with E-state index < -0.39 is 0 Å². The number of likely N-dealkylation sites (N-methyl/N-ethyl adjacent to an activating group) is 1. The number of rotatable bonds is 5. The number of piperidine rings is 1. The van der Waals surface area contributed by atoms with Gasteiger partial charge in [-0.3, -0.25) is 4.79 Å². The van der Waals surface area contributed by atoms with Crippen LogP contribution in [0.15, 0.2) is 54.6 Å². The van der Waals surface area contributed by atoms with Crippen LogP contribution >= 0.6 is 11.3 Å². The Labute approximate surface area is 170 Å². The lowest BCUT2D eigenvalue weighted by Gasteiger charge is -2.31. The summed E-state index contributed by atoms with van der Waals surface area (Å²) in [5.41, 5.74) is 3.44. The van der Waals surface area contributed by atoms with E-state index in [0.717, 1.165) is 28.3 Å². The molecule has 2 heterocycles. The maximum atomic E-state index is 12.6. The van der Waals surface area contributed by atoms with Gasteiger partial charge in [0.05, 0.1) is 10.2 Å². The molecule has 4 rings (SSSR count). The minimum Gasteiger partial charge on any atom is -0.371 e. The van der Waals surface area contributed by atoms with E-state index in [1.165, 1.54) is 30.5 Å². The molecule has 0 spiro atoms. The first-order chi connectivity index (χ1) is 13.7. The summed E-state index contributed by atoms with van der Waals surface area (Å²) in [5.74, 6) is -0.00676. The van der Waals surface area contributed by atoms with Gasteiger partial charge in [-0.1, -0.05) is 30.3 Å². The molecule has 4 nitrogen and oxygen atoms in total. The average molecular weight is 392 g/mol. The van der Waals surface area contributed by atoms with Gasteiger partial charge < -0.3 is 9.80 Å². The van der Waals surface area contributed by atoms with Crippen LogP contribution in [0.2, 0.25) is 0 Å². The van der Waals surface area contributed by atoms with Crippen LogP contribution in [0.3, 0.4) is 0 Å². The summed E-state index contributed by atoms with van der Waals surface area (Å²) >= 11 is 1.60. The third-order valence-electron chi connectivity index (χ3n) is 5.15. The van der Waals surface area contributed by atoms with Crippen molar-refractivity contribution >= 4 is 39.2 Å². The molecule has 1 fully saturated rings. The number of hydrogen-bond acceptors (Lipinski definition) is 4. The number of amides is 1. The largest absolute Gasteiger partial charge is 0.371 e. The van der Waals surface area contributed by atoms with Gasteiger partial charge in [0.25, 0.3) is 0 Å². The average Bonchev–Trinajstić information content (AvgIpc) is 3.16. The Morgan fingerprint density at radius 2 is 1.86 bits per heavy atom. The van der Waals surface area contributed by atoms with Crippen molar-refractivity contribution in [3.63, 3.8) is 0 Å². The van der Waals surface area contributed by atoms with Crippen molar-refractivity contribution in [3.8, 4) is 0 Å².